The van der Waals surface area contributed by atoms with E-state index < -0.39 is 0 Å². The van der Waals surface area contributed by atoms with Gasteiger partial charge in [-0.15, -0.1) is 0 Å². The number of nitriles is 1. The van der Waals surface area contributed by atoms with Crippen molar-refractivity contribution in [3.63, 3.8) is 0 Å². The summed E-state index contributed by atoms with van der Waals surface area (Å²) in [5.41, 5.74) is 2.46. The average molecular weight is 253 g/mol. The molecule has 0 aromatic heterocycles. The number of benzene rings is 1. The van der Waals surface area contributed by atoms with E-state index in [1.807, 2.05) is 11.9 Å². The van der Waals surface area contributed by atoms with E-state index in [0.29, 0.717) is 6.54 Å². The van der Waals surface area contributed by atoms with Gasteiger partial charge >= 0.3 is 0 Å². The predicted molar refractivity (Wildman–Crippen MR) is 60.8 cm³/mol. The molecular weight excluding hydrogens is 240 g/mol. The maximum atomic E-state index is 8.52. The first-order chi connectivity index (χ1) is 6.63. The molecule has 3 heteroatoms. The molecule has 0 radical (unpaired) electrons. The van der Waals surface area contributed by atoms with Crippen molar-refractivity contribution in [1.29, 1.82) is 5.26 Å². The Labute approximate surface area is 93.3 Å². The minimum absolute atomic E-state index is 0.459. The second kappa shape index (κ2) is 5.14. The van der Waals surface area contributed by atoms with Gasteiger partial charge in [-0.05, 0) is 31.2 Å². The highest BCUT2D eigenvalue weighted by Gasteiger charge is 2.03. The summed E-state index contributed by atoms with van der Waals surface area (Å²) in [7, 11) is 1.94. The molecule has 0 bridgehead atoms. The third kappa shape index (κ3) is 3.13. The van der Waals surface area contributed by atoms with Crippen molar-refractivity contribution in [3.05, 3.63) is 33.8 Å². The van der Waals surface area contributed by atoms with Crippen molar-refractivity contribution >= 4 is 15.9 Å². The number of halogens is 1. The molecule has 0 spiro atoms. The van der Waals surface area contributed by atoms with Crippen LogP contribution in [0.1, 0.15) is 11.1 Å². The van der Waals surface area contributed by atoms with E-state index in [1.54, 1.807) is 0 Å². The fourth-order valence-corrected chi connectivity index (χ4v) is 1.87. The molecule has 0 atom stereocenters. The van der Waals surface area contributed by atoms with Gasteiger partial charge < -0.3 is 0 Å². The molecule has 1 rings (SSSR count). The molecule has 0 saturated heterocycles. The van der Waals surface area contributed by atoms with Gasteiger partial charge in [0.15, 0.2) is 0 Å². The van der Waals surface area contributed by atoms with Crippen molar-refractivity contribution in [3.8, 4) is 6.07 Å². The van der Waals surface area contributed by atoms with Crippen LogP contribution in [0.4, 0.5) is 0 Å². The Balaban J connectivity index is 2.73. The molecule has 74 valence electrons. The SMILES string of the molecule is Cc1ccc(CN(C)CC#N)c(Br)c1. The lowest BCUT2D eigenvalue weighted by atomic mass is 10.1. The van der Waals surface area contributed by atoms with Crippen molar-refractivity contribution < 1.29 is 0 Å². The maximum Gasteiger partial charge on any atom is 0.0866 e. The van der Waals surface area contributed by atoms with Gasteiger partial charge in [0.05, 0.1) is 12.6 Å². The van der Waals surface area contributed by atoms with Crippen molar-refractivity contribution in [2.45, 2.75) is 13.5 Å². The lowest BCUT2D eigenvalue weighted by molar-refractivity contribution is 0.367. The van der Waals surface area contributed by atoms with Crippen LogP contribution >= 0.6 is 15.9 Å². The van der Waals surface area contributed by atoms with E-state index in [0.717, 1.165) is 11.0 Å². The molecule has 0 unspecified atom stereocenters. The number of hydrogen-bond acceptors (Lipinski definition) is 2. The number of nitrogens with zero attached hydrogens (tertiary/aromatic N) is 2. The summed E-state index contributed by atoms with van der Waals surface area (Å²) >= 11 is 3.52. The normalized spacial score (nSPS) is 10.2. The van der Waals surface area contributed by atoms with Crippen LogP contribution in [0.15, 0.2) is 22.7 Å². The molecule has 1 aromatic carbocycles. The second-order valence-corrected chi connectivity index (χ2v) is 4.28. The Morgan fingerprint density at radius 3 is 2.79 bits per heavy atom. The largest absolute Gasteiger partial charge is 0.289 e. The van der Waals surface area contributed by atoms with Crippen molar-refractivity contribution in [1.82, 2.24) is 4.90 Å². The summed E-state index contributed by atoms with van der Waals surface area (Å²) in [4.78, 5) is 1.98. The van der Waals surface area contributed by atoms with Gasteiger partial charge in [-0.3, -0.25) is 4.90 Å². The highest BCUT2D eigenvalue weighted by Crippen LogP contribution is 2.19. The van der Waals surface area contributed by atoms with E-state index in [9.17, 15) is 0 Å². The van der Waals surface area contributed by atoms with Crippen molar-refractivity contribution in [2.24, 2.45) is 0 Å². The van der Waals surface area contributed by atoms with E-state index in [4.69, 9.17) is 5.26 Å². The minimum Gasteiger partial charge on any atom is -0.289 e. The summed E-state index contributed by atoms with van der Waals surface area (Å²) in [6, 6.07) is 8.40. The Kier molecular flexibility index (Phi) is 4.12. The molecule has 0 aliphatic rings. The van der Waals surface area contributed by atoms with E-state index in [2.05, 4.69) is 47.1 Å². The third-order valence-electron chi connectivity index (χ3n) is 1.99. The fourth-order valence-electron chi connectivity index (χ4n) is 1.25. The predicted octanol–water partition coefficient (Wildman–Crippen LogP) is 2.71. The Bertz CT molecular complexity index is 355. The highest BCUT2D eigenvalue weighted by molar-refractivity contribution is 9.10. The lowest BCUT2D eigenvalue weighted by Crippen LogP contribution is -2.18. The van der Waals surface area contributed by atoms with Crippen LogP contribution in [0.25, 0.3) is 0 Å². The van der Waals surface area contributed by atoms with Crippen LogP contribution in [0.5, 0.6) is 0 Å². The monoisotopic (exact) mass is 252 g/mol. The summed E-state index contributed by atoms with van der Waals surface area (Å²) in [6.45, 7) is 3.32. The molecule has 0 N–H and O–H groups in total. The number of aryl methyl sites for hydroxylation is 1. The van der Waals surface area contributed by atoms with Crippen LogP contribution in [-0.4, -0.2) is 18.5 Å². The Morgan fingerprint density at radius 2 is 2.21 bits per heavy atom. The number of hydrogen-bond donors (Lipinski definition) is 0. The summed E-state index contributed by atoms with van der Waals surface area (Å²) < 4.78 is 1.11. The first-order valence-electron chi connectivity index (χ1n) is 4.44. The molecule has 0 aliphatic carbocycles. The Morgan fingerprint density at radius 1 is 1.50 bits per heavy atom. The molecule has 2 nitrogen and oxygen atoms in total. The van der Waals surface area contributed by atoms with Gasteiger partial charge in [-0.25, -0.2) is 0 Å². The average Bonchev–Trinajstić information content (AvgIpc) is 2.10. The highest BCUT2D eigenvalue weighted by atomic mass is 79.9. The summed E-state index contributed by atoms with van der Waals surface area (Å²) in [6.07, 6.45) is 0. The van der Waals surface area contributed by atoms with Crippen LogP contribution in [0.2, 0.25) is 0 Å². The summed E-state index contributed by atoms with van der Waals surface area (Å²) in [5, 5.41) is 8.52. The molecule has 1 aromatic rings. The second-order valence-electron chi connectivity index (χ2n) is 3.43. The smallest absolute Gasteiger partial charge is 0.0866 e. The Hall–Kier alpha value is -0.850. The van der Waals surface area contributed by atoms with Gasteiger partial charge in [0.1, 0.15) is 0 Å². The van der Waals surface area contributed by atoms with E-state index in [-0.39, 0.29) is 0 Å². The van der Waals surface area contributed by atoms with Crippen molar-refractivity contribution in [2.75, 3.05) is 13.6 Å². The molecule has 0 aliphatic heterocycles. The quantitative estimate of drug-likeness (QED) is 0.774. The molecular formula is C11H13BrN2. The molecule has 0 amide bonds. The number of rotatable bonds is 3. The van der Waals surface area contributed by atoms with Gasteiger partial charge in [0, 0.05) is 11.0 Å². The standard InChI is InChI=1S/C11H13BrN2/c1-9-3-4-10(11(12)7-9)8-14(2)6-5-13/h3-4,7H,6,8H2,1-2H3. The van der Waals surface area contributed by atoms with Crippen LogP contribution in [0, 0.1) is 18.3 Å². The van der Waals surface area contributed by atoms with Crippen LogP contribution in [0.3, 0.4) is 0 Å². The first kappa shape index (κ1) is 11.2. The van der Waals surface area contributed by atoms with Crippen LogP contribution < -0.4 is 0 Å². The fraction of sp³-hybridized carbons (Fsp3) is 0.364. The molecule has 0 saturated carbocycles. The lowest BCUT2D eigenvalue weighted by Gasteiger charge is -2.13. The zero-order valence-electron chi connectivity index (χ0n) is 8.42. The van der Waals surface area contributed by atoms with Gasteiger partial charge in [0.2, 0.25) is 0 Å². The summed E-state index contributed by atoms with van der Waals surface area (Å²) in [5.74, 6) is 0. The zero-order valence-corrected chi connectivity index (χ0v) is 10.0. The van der Waals surface area contributed by atoms with Gasteiger partial charge in [0.25, 0.3) is 0 Å². The topological polar surface area (TPSA) is 27.0 Å². The maximum absolute atomic E-state index is 8.52. The van der Waals surface area contributed by atoms with Gasteiger partial charge in [-0.2, -0.15) is 5.26 Å². The van der Waals surface area contributed by atoms with Gasteiger partial charge in [-0.1, -0.05) is 28.1 Å². The third-order valence-corrected chi connectivity index (χ3v) is 2.73. The molecule has 0 fully saturated rings. The first-order valence-corrected chi connectivity index (χ1v) is 5.23. The minimum atomic E-state index is 0.459. The molecule has 14 heavy (non-hydrogen) atoms. The van der Waals surface area contributed by atoms with E-state index in [1.165, 1.54) is 11.1 Å². The molecule has 0 heterocycles. The van der Waals surface area contributed by atoms with Crippen LogP contribution in [-0.2, 0) is 6.54 Å². The zero-order chi connectivity index (χ0) is 10.6. The van der Waals surface area contributed by atoms with E-state index >= 15 is 0 Å².